The molecule has 1 aromatic rings. The Morgan fingerprint density at radius 2 is 2.33 bits per heavy atom. The number of nitrogens with two attached hydrogens (primary N) is 1. The summed E-state index contributed by atoms with van der Waals surface area (Å²) >= 11 is 2.23. The quantitative estimate of drug-likeness (QED) is 0.826. The van der Waals surface area contributed by atoms with Gasteiger partial charge in [-0.3, -0.25) is 4.79 Å². The fraction of sp³-hybridized carbons (Fsp3) is 0.500. The molecular weight excluding hydrogens is 339 g/mol. The Morgan fingerprint density at radius 1 is 1.56 bits per heavy atom. The van der Waals surface area contributed by atoms with Crippen LogP contribution in [0, 0.1) is 9.49 Å². The topological polar surface area (TPSA) is 46.3 Å². The normalized spacial score (nSPS) is 21.7. The smallest absolute Gasteiger partial charge is 0.253 e. The summed E-state index contributed by atoms with van der Waals surface area (Å²) in [5, 5.41) is 0. The minimum atomic E-state index is 0.138. The average Bonchev–Trinajstić information content (AvgIpc) is 2.38. The van der Waals surface area contributed by atoms with Crippen LogP contribution in [0.2, 0.25) is 0 Å². The standard InChI is InChI=1S/C14H19IN2O/c1-10(16)12-5-3-7-17(9-12)14(18)11-4-2-6-13(15)8-11/h2,4,6,8,10,12H,3,5,7,9,16H2,1H3. The number of carbonyl (C=O) groups excluding carboxylic acids is 1. The largest absolute Gasteiger partial charge is 0.338 e. The van der Waals surface area contributed by atoms with E-state index < -0.39 is 0 Å². The van der Waals surface area contributed by atoms with Crippen LogP contribution < -0.4 is 5.73 Å². The number of hydrogen-bond donors (Lipinski definition) is 1. The summed E-state index contributed by atoms with van der Waals surface area (Å²) in [7, 11) is 0. The molecular formula is C14H19IN2O. The number of likely N-dealkylation sites (tertiary alicyclic amines) is 1. The van der Waals surface area contributed by atoms with Crippen molar-refractivity contribution >= 4 is 28.5 Å². The van der Waals surface area contributed by atoms with Crippen LogP contribution in [-0.2, 0) is 0 Å². The van der Waals surface area contributed by atoms with Gasteiger partial charge in [-0.2, -0.15) is 0 Å². The molecule has 4 heteroatoms. The van der Waals surface area contributed by atoms with Gasteiger partial charge in [0.05, 0.1) is 0 Å². The van der Waals surface area contributed by atoms with Crippen LogP contribution in [0.5, 0.6) is 0 Å². The third-order valence-electron chi connectivity index (χ3n) is 3.56. The van der Waals surface area contributed by atoms with Crippen molar-refractivity contribution in [3.05, 3.63) is 33.4 Å². The Hall–Kier alpha value is -0.620. The van der Waals surface area contributed by atoms with E-state index in [4.69, 9.17) is 5.73 Å². The first-order chi connectivity index (χ1) is 8.58. The van der Waals surface area contributed by atoms with E-state index in [1.807, 2.05) is 36.1 Å². The summed E-state index contributed by atoms with van der Waals surface area (Å²) in [6.07, 6.45) is 2.19. The highest BCUT2D eigenvalue weighted by Crippen LogP contribution is 2.21. The van der Waals surface area contributed by atoms with Crippen molar-refractivity contribution < 1.29 is 4.79 Å². The van der Waals surface area contributed by atoms with Gasteiger partial charge in [-0.1, -0.05) is 6.07 Å². The maximum Gasteiger partial charge on any atom is 0.253 e. The molecule has 0 spiro atoms. The van der Waals surface area contributed by atoms with E-state index in [1.165, 1.54) is 0 Å². The average molecular weight is 358 g/mol. The highest BCUT2D eigenvalue weighted by atomic mass is 127. The summed E-state index contributed by atoms with van der Waals surface area (Å²) in [4.78, 5) is 14.3. The van der Waals surface area contributed by atoms with E-state index in [9.17, 15) is 4.79 Å². The van der Waals surface area contributed by atoms with Gasteiger partial charge in [0.25, 0.3) is 5.91 Å². The fourth-order valence-electron chi connectivity index (χ4n) is 2.43. The number of nitrogens with zero attached hydrogens (tertiary/aromatic N) is 1. The van der Waals surface area contributed by atoms with E-state index in [0.29, 0.717) is 5.92 Å². The van der Waals surface area contributed by atoms with Crippen molar-refractivity contribution in [3.63, 3.8) is 0 Å². The molecule has 1 aromatic carbocycles. The van der Waals surface area contributed by atoms with Crippen molar-refractivity contribution in [3.8, 4) is 0 Å². The van der Waals surface area contributed by atoms with Crippen LogP contribution in [0.1, 0.15) is 30.1 Å². The highest BCUT2D eigenvalue weighted by molar-refractivity contribution is 14.1. The molecule has 1 aliphatic rings. The Balaban J connectivity index is 2.09. The number of piperidine rings is 1. The number of hydrogen-bond acceptors (Lipinski definition) is 2. The van der Waals surface area contributed by atoms with Crippen molar-refractivity contribution in [2.75, 3.05) is 13.1 Å². The molecule has 1 fully saturated rings. The summed E-state index contributed by atoms with van der Waals surface area (Å²) in [5.41, 5.74) is 6.74. The molecule has 0 radical (unpaired) electrons. The lowest BCUT2D eigenvalue weighted by molar-refractivity contribution is 0.0661. The third-order valence-corrected chi connectivity index (χ3v) is 4.23. The van der Waals surface area contributed by atoms with Gasteiger partial charge in [-0.05, 0) is 66.5 Å². The van der Waals surface area contributed by atoms with E-state index in [2.05, 4.69) is 22.6 Å². The predicted molar refractivity (Wildman–Crippen MR) is 81.4 cm³/mol. The molecule has 1 heterocycles. The van der Waals surface area contributed by atoms with Gasteiger partial charge in [0.15, 0.2) is 0 Å². The molecule has 0 aromatic heterocycles. The lowest BCUT2D eigenvalue weighted by atomic mass is 9.92. The Morgan fingerprint density at radius 3 is 3.00 bits per heavy atom. The molecule has 1 amide bonds. The lowest BCUT2D eigenvalue weighted by Crippen LogP contribution is -2.45. The zero-order valence-electron chi connectivity index (χ0n) is 10.6. The van der Waals surface area contributed by atoms with E-state index >= 15 is 0 Å². The maximum atomic E-state index is 12.4. The van der Waals surface area contributed by atoms with Crippen molar-refractivity contribution in [1.29, 1.82) is 0 Å². The van der Waals surface area contributed by atoms with Gasteiger partial charge < -0.3 is 10.6 Å². The number of amides is 1. The number of halogens is 1. The van der Waals surface area contributed by atoms with Crippen molar-refractivity contribution in [2.45, 2.75) is 25.8 Å². The summed E-state index contributed by atoms with van der Waals surface area (Å²) in [6.45, 7) is 3.68. The second-order valence-electron chi connectivity index (χ2n) is 5.02. The molecule has 0 aliphatic carbocycles. The molecule has 1 saturated heterocycles. The first-order valence-electron chi connectivity index (χ1n) is 6.38. The Bertz CT molecular complexity index is 434. The van der Waals surface area contributed by atoms with Gasteiger partial charge >= 0.3 is 0 Å². The molecule has 1 aliphatic heterocycles. The molecule has 2 N–H and O–H groups in total. The van der Waals surface area contributed by atoms with E-state index in [-0.39, 0.29) is 11.9 Å². The predicted octanol–water partition coefficient (Wildman–Crippen LogP) is 2.49. The van der Waals surface area contributed by atoms with Gasteiger partial charge in [0.1, 0.15) is 0 Å². The maximum absolute atomic E-state index is 12.4. The van der Waals surface area contributed by atoms with Crippen LogP contribution in [0.25, 0.3) is 0 Å². The monoisotopic (exact) mass is 358 g/mol. The zero-order chi connectivity index (χ0) is 13.1. The Kier molecular flexibility index (Phi) is 4.61. The first kappa shape index (κ1) is 13.8. The molecule has 2 atom stereocenters. The van der Waals surface area contributed by atoms with Crippen LogP contribution in [-0.4, -0.2) is 29.9 Å². The minimum Gasteiger partial charge on any atom is -0.338 e. The lowest BCUT2D eigenvalue weighted by Gasteiger charge is -2.34. The Labute approximate surface area is 122 Å². The molecule has 18 heavy (non-hydrogen) atoms. The van der Waals surface area contributed by atoms with Crippen molar-refractivity contribution in [2.24, 2.45) is 11.7 Å². The van der Waals surface area contributed by atoms with Gasteiger partial charge in [0.2, 0.25) is 0 Å². The zero-order valence-corrected chi connectivity index (χ0v) is 12.8. The third kappa shape index (κ3) is 3.23. The number of benzene rings is 1. The summed E-state index contributed by atoms with van der Waals surface area (Å²) in [6, 6.07) is 7.93. The van der Waals surface area contributed by atoms with Gasteiger partial charge in [-0.15, -0.1) is 0 Å². The van der Waals surface area contributed by atoms with Crippen LogP contribution in [0.3, 0.4) is 0 Å². The summed E-state index contributed by atoms with van der Waals surface area (Å²) in [5.74, 6) is 0.573. The van der Waals surface area contributed by atoms with E-state index in [0.717, 1.165) is 35.1 Å². The molecule has 0 saturated carbocycles. The van der Waals surface area contributed by atoms with Crippen molar-refractivity contribution in [1.82, 2.24) is 4.90 Å². The van der Waals surface area contributed by atoms with Crippen LogP contribution in [0.4, 0.5) is 0 Å². The highest BCUT2D eigenvalue weighted by Gasteiger charge is 2.26. The minimum absolute atomic E-state index is 0.138. The van der Waals surface area contributed by atoms with Gasteiger partial charge in [0, 0.05) is 28.3 Å². The van der Waals surface area contributed by atoms with E-state index in [1.54, 1.807) is 0 Å². The molecule has 3 nitrogen and oxygen atoms in total. The van der Waals surface area contributed by atoms with Crippen LogP contribution >= 0.6 is 22.6 Å². The molecule has 2 rings (SSSR count). The first-order valence-corrected chi connectivity index (χ1v) is 7.46. The fourth-order valence-corrected chi connectivity index (χ4v) is 2.97. The molecule has 2 unspecified atom stereocenters. The number of rotatable bonds is 2. The SMILES string of the molecule is CC(N)C1CCCN(C(=O)c2cccc(I)c2)C1. The molecule has 0 bridgehead atoms. The second-order valence-corrected chi connectivity index (χ2v) is 6.27. The summed E-state index contributed by atoms with van der Waals surface area (Å²) < 4.78 is 1.10. The van der Waals surface area contributed by atoms with Gasteiger partial charge in [-0.25, -0.2) is 0 Å². The second kappa shape index (κ2) is 6.02. The number of carbonyl (C=O) groups is 1. The van der Waals surface area contributed by atoms with Crippen LogP contribution in [0.15, 0.2) is 24.3 Å². The molecule has 98 valence electrons.